The molecule has 4 rings (SSSR count). The van der Waals surface area contributed by atoms with E-state index in [1.165, 1.54) is 24.3 Å². The lowest BCUT2D eigenvalue weighted by Gasteiger charge is -2.17. The van der Waals surface area contributed by atoms with Crippen molar-refractivity contribution in [3.63, 3.8) is 0 Å². The van der Waals surface area contributed by atoms with E-state index < -0.39 is 11.9 Å². The summed E-state index contributed by atoms with van der Waals surface area (Å²) >= 11 is 0. The molecule has 1 heterocycles. The second-order valence-electron chi connectivity index (χ2n) is 7.83. The molecule has 0 spiro atoms. The molecule has 0 fully saturated rings. The van der Waals surface area contributed by atoms with Crippen LogP contribution in [0.3, 0.4) is 0 Å². The van der Waals surface area contributed by atoms with Crippen molar-refractivity contribution in [2.24, 2.45) is 11.5 Å². The van der Waals surface area contributed by atoms with E-state index in [-0.39, 0.29) is 51.8 Å². The second-order valence-corrected chi connectivity index (χ2v) is 7.83. The van der Waals surface area contributed by atoms with E-state index in [2.05, 4.69) is 9.97 Å². The summed E-state index contributed by atoms with van der Waals surface area (Å²) in [6, 6.07) is 10.4. The Morgan fingerprint density at radius 1 is 1.03 bits per heavy atom. The van der Waals surface area contributed by atoms with Gasteiger partial charge in [-0.2, -0.15) is 0 Å². The first-order chi connectivity index (χ1) is 16.1. The normalized spacial score (nSPS) is 11.0. The summed E-state index contributed by atoms with van der Waals surface area (Å²) in [5, 5.41) is 38.8. The topological polar surface area (TPSA) is 199 Å². The molecule has 10 heteroatoms. The number of phenolic OH excluding ortho intramolecular Hbond substituents is 2. The van der Waals surface area contributed by atoms with Gasteiger partial charge in [-0.25, -0.2) is 4.98 Å². The maximum Gasteiger partial charge on any atom is 0.307 e. The number of nitrogens with two attached hydrogens (primary N) is 2. The number of nitrogens with one attached hydrogen (secondary N) is 2. The summed E-state index contributed by atoms with van der Waals surface area (Å²) in [6.45, 7) is 1.62. The Hall–Kier alpha value is -4.86. The molecule has 3 aromatic carbocycles. The Balaban J connectivity index is 2.01. The van der Waals surface area contributed by atoms with Crippen LogP contribution in [-0.2, 0) is 11.2 Å². The molecule has 10 nitrogen and oxygen atoms in total. The number of amidine groups is 1. The van der Waals surface area contributed by atoms with Crippen molar-refractivity contribution in [2.75, 3.05) is 0 Å². The minimum atomic E-state index is -1.09. The van der Waals surface area contributed by atoms with Crippen LogP contribution in [0.2, 0.25) is 0 Å². The van der Waals surface area contributed by atoms with Gasteiger partial charge in [0, 0.05) is 22.3 Å². The zero-order valence-electron chi connectivity index (χ0n) is 18.0. The molecule has 0 aliphatic rings. The first kappa shape index (κ1) is 22.3. The number of nitrogens with zero attached hydrogens (tertiary/aromatic N) is 1. The summed E-state index contributed by atoms with van der Waals surface area (Å²) in [4.78, 5) is 30.8. The van der Waals surface area contributed by atoms with Gasteiger partial charge in [0.05, 0.1) is 23.0 Å². The molecule has 34 heavy (non-hydrogen) atoms. The fraction of sp³-hybridized carbons (Fsp3) is 0.0833. The molecule has 0 radical (unpaired) electrons. The monoisotopic (exact) mass is 459 g/mol. The number of carboxylic acid groups (broad SMARTS) is 1. The van der Waals surface area contributed by atoms with Gasteiger partial charge in [0.2, 0.25) is 5.91 Å². The zero-order valence-corrected chi connectivity index (χ0v) is 18.0. The van der Waals surface area contributed by atoms with Crippen LogP contribution in [0.15, 0.2) is 42.5 Å². The Kier molecular flexibility index (Phi) is 5.42. The van der Waals surface area contributed by atoms with E-state index in [1.54, 1.807) is 25.1 Å². The third-order valence-electron chi connectivity index (χ3n) is 5.61. The van der Waals surface area contributed by atoms with Crippen molar-refractivity contribution in [2.45, 2.75) is 13.3 Å². The number of primary amides is 1. The lowest BCUT2D eigenvalue weighted by molar-refractivity contribution is -0.136. The third kappa shape index (κ3) is 3.88. The van der Waals surface area contributed by atoms with Crippen molar-refractivity contribution >= 4 is 28.7 Å². The molecular weight excluding hydrogens is 438 g/mol. The van der Waals surface area contributed by atoms with Gasteiger partial charge < -0.3 is 31.8 Å². The van der Waals surface area contributed by atoms with E-state index in [9.17, 15) is 24.9 Å². The van der Waals surface area contributed by atoms with Crippen molar-refractivity contribution in [3.8, 4) is 34.0 Å². The molecule has 4 aromatic rings. The highest BCUT2D eigenvalue weighted by Gasteiger charge is 2.23. The van der Waals surface area contributed by atoms with E-state index in [4.69, 9.17) is 16.9 Å². The van der Waals surface area contributed by atoms with Gasteiger partial charge >= 0.3 is 5.97 Å². The predicted molar refractivity (Wildman–Crippen MR) is 126 cm³/mol. The number of benzene rings is 3. The van der Waals surface area contributed by atoms with Crippen LogP contribution in [0.1, 0.15) is 27.0 Å². The molecule has 9 N–H and O–H groups in total. The number of hydrogen-bond acceptors (Lipinski definition) is 6. The molecule has 0 unspecified atom stereocenters. The van der Waals surface area contributed by atoms with Gasteiger partial charge in [-0.15, -0.1) is 0 Å². The molecule has 172 valence electrons. The molecular formula is C24H21N5O5. The van der Waals surface area contributed by atoms with Gasteiger partial charge in [-0.05, 0) is 60.5 Å². The molecule has 0 aliphatic heterocycles. The van der Waals surface area contributed by atoms with Crippen LogP contribution in [-0.4, -0.2) is 43.0 Å². The molecule has 1 aromatic heterocycles. The lowest BCUT2D eigenvalue weighted by Crippen LogP contribution is -2.11. The number of hydrogen-bond donors (Lipinski definition) is 7. The Labute approximate surface area is 193 Å². The van der Waals surface area contributed by atoms with Crippen LogP contribution < -0.4 is 11.5 Å². The van der Waals surface area contributed by atoms with E-state index in [0.29, 0.717) is 27.7 Å². The van der Waals surface area contributed by atoms with Crippen molar-refractivity contribution in [1.29, 1.82) is 5.41 Å². The van der Waals surface area contributed by atoms with Gasteiger partial charge in [0.25, 0.3) is 0 Å². The van der Waals surface area contributed by atoms with Crippen molar-refractivity contribution in [3.05, 3.63) is 64.7 Å². The molecule has 1 amide bonds. The van der Waals surface area contributed by atoms with E-state index in [0.717, 1.165) is 0 Å². The largest absolute Gasteiger partial charge is 0.507 e. The lowest BCUT2D eigenvalue weighted by atomic mass is 9.89. The SMILES string of the molecule is Cc1c(CC(=O)O)cc(-c2nc3ccc(C(=N)N)cc3[nH]2)c(O)c1-c1cc(C(N)=O)ccc1O. The number of carboxylic acids is 1. The number of phenols is 2. The minimum absolute atomic E-state index is 0.109. The Morgan fingerprint density at radius 2 is 1.74 bits per heavy atom. The highest BCUT2D eigenvalue weighted by molar-refractivity contribution is 5.99. The van der Waals surface area contributed by atoms with E-state index in [1.807, 2.05) is 0 Å². The number of aromatic nitrogens is 2. The van der Waals surface area contributed by atoms with Gasteiger partial charge in [0.15, 0.2) is 0 Å². The number of aliphatic carboxylic acids is 1. The average molecular weight is 459 g/mol. The zero-order chi connectivity index (χ0) is 24.7. The maximum absolute atomic E-state index is 11.7. The third-order valence-corrected chi connectivity index (χ3v) is 5.61. The van der Waals surface area contributed by atoms with Gasteiger partial charge in [-0.3, -0.25) is 15.0 Å². The summed E-state index contributed by atoms with van der Waals surface area (Å²) in [7, 11) is 0. The van der Waals surface area contributed by atoms with Gasteiger partial charge in [0.1, 0.15) is 23.2 Å². The minimum Gasteiger partial charge on any atom is -0.507 e. The number of amides is 1. The number of carbonyl (C=O) groups excluding carboxylic acids is 1. The fourth-order valence-corrected chi connectivity index (χ4v) is 3.87. The summed E-state index contributed by atoms with van der Waals surface area (Å²) < 4.78 is 0. The Morgan fingerprint density at radius 3 is 2.38 bits per heavy atom. The van der Waals surface area contributed by atoms with Gasteiger partial charge in [-0.1, -0.05) is 0 Å². The standard InChI is InChI=1S/C24H21N5O5/c1-10-13(9-19(31)32)7-15(24-28-16-4-2-11(22(25)26)8-17(16)29-24)21(33)20(10)14-6-12(23(27)34)3-5-18(14)30/h2-8,30,33H,9H2,1H3,(H3,25,26)(H2,27,34)(H,28,29)(H,31,32). The smallest absolute Gasteiger partial charge is 0.307 e. The number of imidazole rings is 1. The van der Waals surface area contributed by atoms with Crippen molar-refractivity contribution < 1.29 is 24.9 Å². The summed E-state index contributed by atoms with van der Waals surface area (Å²) in [5.74, 6) is -2.18. The first-order valence-electron chi connectivity index (χ1n) is 10.1. The highest BCUT2D eigenvalue weighted by Crippen LogP contribution is 2.45. The molecule has 0 bridgehead atoms. The van der Waals surface area contributed by atoms with Crippen LogP contribution in [0.25, 0.3) is 33.5 Å². The number of rotatable bonds is 6. The predicted octanol–water partition coefficient (Wildman–Crippen LogP) is 2.63. The van der Waals surface area contributed by atoms with Crippen LogP contribution >= 0.6 is 0 Å². The first-order valence-corrected chi connectivity index (χ1v) is 10.1. The maximum atomic E-state index is 11.7. The molecule has 0 atom stereocenters. The summed E-state index contributed by atoms with van der Waals surface area (Å²) in [6.07, 6.45) is -0.350. The van der Waals surface area contributed by atoms with Crippen LogP contribution in [0, 0.1) is 12.3 Å². The van der Waals surface area contributed by atoms with Crippen LogP contribution in [0.5, 0.6) is 11.5 Å². The number of carbonyl (C=O) groups is 2. The van der Waals surface area contributed by atoms with Crippen molar-refractivity contribution in [1.82, 2.24) is 9.97 Å². The number of aromatic amines is 1. The molecule has 0 aliphatic carbocycles. The molecule has 0 saturated heterocycles. The number of nitrogen functional groups attached to an aromatic ring is 1. The highest BCUT2D eigenvalue weighted by atomic mass is 16.4. The average Bonchev–Trinajstić information content (AvgIpc) is 3.19. The number of fused-ring (bicyclic) bond motifs is 1. The molecule has 0 saturated carbocycles. The summed E-state index contributed by atoms with van der Waals surface area (Å²) in [5.41, 5.74) is 13.9. The number of aromatic hydroxyl groups is 2. The quantitative estimate of drug-likeness (QED) is 0.170. The number of H-pyrrole nitrogens is 1. The fourth-order valence-electron chi connectivity index (χ4n) is 3.87. The van der Waals surface area contributed by atoms with Crippen LogP contribution in [0.4, 0.5) is 0 Å². The Bertz CT molecular complexity index is 1510. The van der Waals surface area contributed by atoms with E-state index >= 15 is 0 Å². The second kappa shape index (κ2) is 8.24.